The van der Waals surface area contributed by atoms with Crippen molar-refractivity contribution in [2.75, 3.05) is 0 Å². The Kier molecular flexibility index (Phi) is 3.86. The van der Waals surface area contributed by atoms with Crippen LogP contribution >= 0.6 is 0 Å². The smallest absolute Gasteiger partial charge is 0.232 e. The molecule has 0 saturated carbocycles. The fraction of sp³-hybridized carbons (Fsp3) is 0.0952. The van der Waals surface area contributed by atoms with Gasteiger partial charge in [-0.1, -0.05) is 30.3 Å². The first-order chi connectivity index (χ1) is 12.2. The maximum atomic E-state index is 12.4. The molecule has 0 bridgehead atoms. The molecule has 0 fully saturated rings. The van der Waals surface area contributed by atoms with Gasteiger partial charge in [-0.15, -0.1) is 0 Å². The van der Waals surface area contributed by atoms with E-state index in [-0.39, 0.29) is 11.5 Å². The fourth-order valence-corrected chi connectivity index (χ4v) is 2.66. The van der Waals surface area contributed by atoms with E-state index in [1.807, 2.05) is 43.3 Å². The second kappa shape index (κ2) is 6.32. The summed E-state index contributed by atoms with van der Waals surface area (Å²) >= 11 is 0. The minimum atomic E-state index is -0.154. The molecule has 4 rings (SSSR count). The first-order valence-corrected chi connectivity index (χ1v) is 8.00. The largest absolute Gasteiger partial charge is 0.489 e. The van der Waals surface area contributed by atoms with Gasteiger partial charge in [0.1, 0.15) is 29.6 Å². The van der Waals surface area contributed by atoms with Crippen LogP contribution in [0, 0.1) is 6.92 Å². The van der Waals surface area contributed by atoms with Gasteiger partial charge in [-0.2, -0.15) is 0 Å². The summed E-state index contributed by atoms with van der Waals surface area (Å²) in [4.78, 5) is 12.4. The molecule has 0 saturated heterocycles. The van der Waals surface area contributed by atoms with Crippen LogP contribution in [0.5, 0.6) is 11.5 Å². The van der Waals surface area contributed by atoms with Crippen LogP contribution < -0.4 is 9.47 Å². The number of hydrogen-bond acceptors (Lipinski definition) is 4. The molecule has 1 aliphatic rings. The third kappa shape index (κ3) is 3.19. The molecule has 2 heterocycles. The summed E-state index contributed by atoms with van der Waals surface area (Å²) in [5.41, 5.74) is 1.61. The minimum absolute atomic E-state index is 0.154. The van der Waals surface area contributed by atoms with Crippen molar-refractivity contribution >= 4 is 11.9 Å². The molecule has 4 heteroatoms. The highest BCUT2D eigenvalue weighted by molar-refractivity contribution is 6.14. The lowest BCUT2D eigenvalue weighted by Gasteiger charge is -2.07. The molecule has 3 aromatic rings. The summed E-state index contributed by atoms with van der Waals surface area (Å²) in [5.74, 6) is 2.64. The predicted octanol–water partition coefficient (Wildman–Crippen LogP) is 4.78. The fourth-order valence-electron chi connectivity index (χ4n) is 2.66. The van der Waals surface area contributed by atoms with Crippen LogP contribution in [0.1, 0.15) is 27.4 Å². The molecular weight excluding hydrogens is 316 g/mol. The first-order valence-electron chi connectivity index (χ1n) is 8.00. The van der Waals surface area contributed by atoms with E-state index >= 15 is 0 Å². The topological polar surface area (TPSA) is 48.7 Å². The summed E-state index contributed by atoms with van der Waals surface area (Å²) < 4.78 is 16.9. The number of carbonyl (C=O) groups excluding carboxylic acids is 1. The van der Waals surface area contributed by atoms with Gasteiger partial charge in [-0.3, -0.25) is 4.79 Å². The zero-order chi connectivity index (χ0) is 17.2. The lowest BCUT2D eigenvalue weighted by Crippen LogP contribution is -1.97. The van der Waals surface area contributed by atoms with E-state index in [2.05, 4.69) is 0 Å². The number of aryl methyl sites for hydroxylation is 1. The Labute approximate surface area is 145 Å². The van der Waals surface area contributed by atoms with Crippen LogP contribution in [0.15, 0.2) is 70.8 Å². The number of Topliss-reactive ketones (excluding diaryl/α,β-unsaturated/α-hetero) is 1. The maximum Gasteiger partial charge on any atom is 0.232 e. The van der Waals surface area contributed by atoms with Crippen molar-refractivity contribution in [3.05, 3.63) is 89.1 Å². The summed E-state index contributed by atoms with van der Waals surface area (Å²) in [7, 11) is 0. The number of ether oxygens (including phenoxy) is 2. The van der Waals surface area contributed by atoms with Crippen molar-refractivity contribution in [3.8, 4) is 11.5 Å². The van der Waals surface area contributed by atoms with Crippen LogP contribution in [-0.2, 0) is 6.61 Å². The lowest BCUT2D eigenvalue weighted by atomic mass is 10.1. The normalized spacial score (nSPS) is 14.4. The number of furan rings is 1. The second-order valence-corrected chi connectivity index (χ2v) is 5.82. The second-order valence-electron chi connectivity index (χ2n) is 5.82. The molecule has 1 aromatic heterocycles. The number of carbonyl (C=O) groups is 1. The highest BCUT2D eigenvalue weighted by Gasteiger charge is 2.28. The Morgan fingerprint density at radius 3 is 2.64 bits per heavy atom. The predicted molar refractivity (Wildman–Crippen MR) is 93.6 cm³/mol. The number of benzene rings is 2. The average molecular weight is 332 g/mol. The number of rotatable bonds is 4. The van der Waals surface area contributed by atoms with Crippen molar-refractivity contribution in [2.24, 2.45) is 0 Å². The SMILES string of the molecule is Cc1ccc(/C=C2\Oc3cc(OCc4ccccc4)ccc3C2=O)o1. The molecular formula is C21H16O4. The van der Waals surface area contributed by atoms with E-state index in [9.17, 15) is 4.79 Å². The third-order valence-corrected chi connectivity index (χ3v) is 3.92. The average Bonchev–Trinajstić information content (AvgIpc) is 3.17. The zero-order valence-electron chi connectivity index (χ0n) is 13.7. The highest BCUT2D eigenvalue weighted by atomic mass is 16.5. The molecule has 0 aliphatic carbocycles. The Hall–Kier alpha value is -3.27. The van der Waals surface area contributed by atoms with Crippen LogP contribution in [0.25, 0.3) is 6.08 Å². The highest BCUT2D eigenvalue weighted by Crippen LogP contribution is 2.35. The molecule has 0 N–H and O–H groups in total. The van der Waals surface area contributed by atoms with E-state index in [4.69, 9.17) is 13.9 Å². The van der Waals surface area contributed by atoms with Crippen molar-refractivity contribution in [3.63, 3.8) is 0 Å². The maximum absolute atomic E-state index is 12.4. The Balaban J connectivity index is 1.52. The Morgan fingerprint density at radius 1 is 1.04 bits per heavy atom. The number of fused-ring (bicyclic) bond motifs is 1. The van der Waals surface area contributed by atoms with E-state index in [1.54, 1.807) is 30.3 Å². The monoisotopic (exact) mass is 332 g/mol. The summed E-state index contributed by atoms with van der Waals surface area (Å²) in [6.07, 6.45) is 1.61. The van der Waals surface area contributed by atoms with Gasteiger partial charge in [0.05, 0.1) is 5.56 Å². The molecule has 0 unspecified atom stereocenters. The van der Waals surface area contributed by atoms with Gasteiger partial charge in [-0.05, 0) is 36.8 Å². The Bertz CT molecular complexity index is 951. The molecule has 2 aromatic carbocycles. The van der Waals surface area contributed by atoms with Gasteiger partial charge in [0.2, 0.25) is 5.78 Å². The van der Waals surface area contributed by atoms with Crippen LogP contribution in [0.4, 0.5) is 0 Å². The van der Waals surface area contributed by atoms with E-state index < -0.39 is 0 Å². The molecule has 1 aliphatic heterocycles. The van der Waals surface area contributed by atoms with E-state index in [1.165, 1.54) is 0 Å². The van der Waals surface area contributed by atoms with Gasteiger partial charge < -0.3 is 13.9 Å². The van der Waals surface area contributed by atoms with Gasteiger partial charge in [0, 0.05) is 12.1 Å². The molecule has 0 spiro atoms. The van der Waals surface area contributed by atoms with Crippen LogP contribution in [0.2, 0.25) is 0 Å². The summed E-state index contributed by atoms with van der Waals surface area (Å²) in [6.45, 7) is 2.31. The molecule has 124 valence electrons. The number of allylic oxidation sites excluding steroid dienone is 1. The van der Waals surface area contributed by atoms with E-state index in [0.29, 0.717) is 29.4 Å². The van der Waals surface area contributed by atoms with Gasteiger partial charge in [0.15, 0.2) is 5.76 Å². The molecule has 0 atom stereocenters. The molecule has 25 heavy (non-hydrogen) atoms. The quantitative estimate of drug-likeness (QED) is 0.645. The zero-order valence-corrected chi connectivity index (χ0v) is 13.7. The molecule has 0 amide bonds. The summed E-state index contributed by atoms with van der Waals surface area (Å²) in [5, 5.41) is 0. The summed E-state index contributed by atoms with van der Waals surface area (Å²) in [6, 6.07) is 18.8. The lowest BCUT2D eigenvalue weighted by molar-refractivity contribution is 0.101. The van der Waals surface area contributed by atoms with Gasteiger partial charge >= 0.3 is 0 Å². The Morgan fingerprint density at radius 2 is 1.88 bits per heavy atom. The van der Waals surface area contributed by atoms with Crippen molar-refractivity contribution in [1.29, 1.82) is 0 Å². The molecule has 4 nitrogen and oxygen atoms in total. The number of ketones is 1. The number of hydrogen-bond donors (Lipinski definition) is 0. The first kappa shape index (κ1) is 15.3. The van der Waals surface area contributed by atoms with Gasteiger partial charge in [0.25, 0.3) is 0 Å². The minimum Gasteiger partial charge on any atom is -0.489 e. The van der Waals surface area contributed by atoms with Crippen molar-refractivity contribution in [1.82, 2.24) is 0 Å². The standard InChI is InChI=1S/C21H16O4/c1-14-7-8-17(24-14)12-20-21(22)18-10-9-16(11-19(18)25-20)23-13-15-5-3-2-4-6-15/h2-12H,13H2,1H3/b20-12-. The van der Waals surface area contributed by atoms with Crippen molar-refractivity contribution < 1.29 is 18.7 Å². The van der Waals surface area contributed by atoms with Crippen molar-refractivity contribution in [2.45, 2.75) is 13.5 Å². The van der Waals surface area contributed by atoms with Crippen LogP contribution in [0.3, 0.4) is 0 Å². The molecule has 0 radical (unpaired) electrons. The third-order valence-electron chi connectivity index (χ3n) is 3.92. The van der Waals surface area contributed by atoms with Gasteiger partial charge in [-0.25, -0.2) is 0 Å². The van der Waals surface area contributed by atoms with E-state index in [0.717, 1.165) is 11.3 Å². The van der Waals surface area contributed by atoms with Crippen LogP contribution in [-0.4, -0.2) is 5.78 Å².